The molecular formula is C24H32FN3O4S. The quantitative estimate of drug-likeness (QED) is 0.570. The van der Waals surface area contributed by atoms with Crippen molar-refractivity contribution in [3.05, 3.63) is 65.0 Å². The van der Waals surface area contributed by atoms with Crippen molar-refractivity contribution in [1.29, 1.82) is 0 Å². The molecule has 0 aliphatic rings. The molecule has 1 unspecified atom stereocenters. The number of rotatable bonds is 10. The Morgan fingerprint density at radius 3 is 2.36 bits per heavy atom. The molecule has 2 aromatic rings. The number of carbonyl (C=O) groups excluding carboxylic acids is 2. The van der Waals surface area contributed by atoms with Crippen LogP contribution in [0.3, 0.4) is 0 Å². The summed E-state index contributed by atoms with van der Waals surface area (Å²) in [5, 5.41) is 2.74. The number of anilines is 1. The van der Waals surface area contributed by atoms with Crippen LogP contribution in [0.25, 0.3) is 0 Å². The third-order valence-corrected chi connectivity index (χ3v) is 6.44. The van der Waals surface area contributed by atoms with E-state index in [1.807, 2.05) is 19.9 Å². The van der Waals surface area contributed by atoms with E-state index in [9.17, 15) is 22.4 Å². The van der Waals surface area contributed by atoms with Gasteiger partial charge in [-0.3, -0.25) is 13.9 Å². The monoisotopic (exact) mass is 477 g/mol. The SMILES string of the molecule is CCCNC(=O)C(C)N(Cc1ccccc1F)C(=O)CN(c1ccc(C)cc1C)S(C)(=O)=O. The van der Waals surface area contributed by atoms with Gasteiger partial charge in [0, 0.05) is 18.7 Å². The van der Waals surface area contributed by atoms with Crippen LogP contribution in [0.5, 0.6) is 0 Å². The largest absolute Gasteiger partial charge is 0.354 e. The number of hydrogen-bond donors (Lipinski definition) is 1. The molecule has 7 nitrogen and oxygen atoms in total. The Hall–Kier alpha value is -2.94. The highest BCUT2D eigenvalue weighted by atomic mass is 32.2. The standard InChI is InChI=1S/C24H32FN3O4S/c1-6-13-26-24(30)19(4)27(15-20-9-7-8-10-21(20)25)23(29)16-28(33(5,31)32)22-12-11-17(2)14-18(22)3/h7-12,14,19H,6,13,15-16H2,1-5H3,(H,26,30). The summed E-state index contributed by atoms with van der Waals surface area (Å²) in [6.07, 6.45) is 1.74. The van der Waals surface area contributed by atoms with Crippen LogP contribution < -0.4 is 9.62 Å². The molecule has 2 amide bonds. The minimum absolute atomic E-state index is 0.170. The van der Waals surface area contributed by atoms with Crippen LogP contribution >= 0.6 is 0 Å². The van der Waals surface area contributed by atoms with Crippen molar-refractivity contribution in [2.45, 2.75) is 46.7 Å². The Bertz CT molecular complexity index is 1100. The summed E-state index contributed by atoms with van der Waals surface area (Å²) < 4.78 is 40.6. The fourth-order valence-corrected chi connectivity index (χ4v) is 4.38. The molecule has 0 radical (unpaired) electrons. The Balaban J connectivity index is 2.42. The molecular weight excluding hydrogens is 445 g/mol. The number of hydrogen-bond acceptors (Lipinski definition) is 4. The average Bonchev–Trinajstić information content (AvgIpc) is 2.74. The van der Waals surface area contributed by atoms with Gasteiger partial charge in [0.2, 0.25) is 21.8 Å². The summed E-state index contributed by atoms with van der Waals surface area (Å²) in [4.78, 5) is 27.3. The lowest BCUT2D eigenvalue weighted by Crippen LogP contribution is -2.51. The van der Waals surface area contributed by atoms with E-state index in [0.717, 1.165) is 16.1 Å². The van der Waals surface area contributed by atoms with Crippen molar-refractivity contribution in [2.24, 2.45) is 0 Å². The topological polar surface area (TPSA) is 86.8 Å². The molecule has 0 saturated heterocycles. The number of nitrogens with zero attached hydrogens (tertiary/aromatic N) is 2. The van der Waals surface area contributed by atoms with Gasteiger partial charge in [0.05, 0.1) is 11.9 Å². The maximum absolute atomic E-state index is 14.3. The first kappa shape index (κ1) is 26.3. The molecule has 0 spiro atoms. The van der Waals surface area contributed by atoms with Gasteiger partial charge >= 0.3 is 0 Å². The second-order valence-electron chi connectivity index (χ2n) is 8.14. The first-order valence-corrected chi connectivity index (χ1v) is 12.7. The lowest BCUT2D eigenvalue weighted by atomic mass is 10.1. The number of aryl methyl sites for hydroxylation is 2. The predicted molar refractivity (Wildman–Crippen MR) is 128 cm³/mol. The molecule has 1 atom stereocenters. The van der Waals surface area contributed by atoms with E-state index in [2.05, 4.69) is 5.32 Å². The van der Waals surface area contributed by atoms with Gasteiger partial charge in [-0.15, -0.1) is 0 Å². The zero-order chi connectivity index (χ0) is 24.8. The summed E-state index contributed by atoms with van der Waals surface area (Å²) in [6.45, 7) is 6.86. The second-order valence-corrected chi connectivity index (χ2v) is 10.0. The lowest BCUT2D eigenvalue weighted by Gasteiger charge is -2.32. The summed E-state index contributed by atoms with van der Waals surface area (Å²) in [5.74, 6) is -1.51. The molecule has 0 fully saturated rings. The zero-order valence-electron chi connectivity index (χ0n) is 19.8. The van der Waals surface area contributed by atoms with Crippen LogP contribution in [0.15, 0.2) is 42.5 Å². The van der Waals surface area contributed by atoms with Gasteiger partial charge in [0.1, 0.15) is 18.4 Å². The fraction of sp³-hybridized carbons (Fsp3) is 0.417. The predicted octanol–water partition coefficient (Wildman–Crippen LogP) is 3.15. The zero-order valence-corrected chi connectivity index (χ0v) is 20.6. The van der Waals surface area contributed by atoms with Gasteiger partial charge < -0.3 is 10.2 Å². The molecule has 180 valence electrons. The Morgan fingerprint density at radius 2 is 1.79 bits per heavy atom. The lowest BCUT2D eigenvalue weighted by molar-refractivity contribution is -0.139. The minimum atomic E-state index is -3.81. The Morgan fingerprint density at radius 1 is 1.12 bits per heavy atom. The third-order valence-electron chi connectivity index (χ3n) is 5.32. The minimum Gasteiger partial charge on any atom is -0.354 e. The van der Waals surface area contributed by atoms with Gasteiger partial charge in [-0.25, -0.2) is 12.8 Å². The molecule has 2 aromatic carbocycles. The number of sulfonamides is 1. The molecule has 0 saturated carbocycles. The van der Waals surface area contributed by atoms with Crippen LogP contribution in [-0.2, 0) is 26.2 Å². The molecule has 0 aromatic heterocycles. The van der Waals surface area contributed by atoms with E-state index in [1.54, 1.807) is 32.0 Å². The van der Waals surface area contributed by atoms with E-state index in [0.29, 0.717) is 24.2 Å². The number of amides is 2. The second kappa shape index (κ2) is 11.3. The number of nitrogens with one attached hydrogen (secondary N) is 1. The maximum atomic E-state index is 14.3. The fourth-order valence-electron chi connectivity index (χ4n) is 3.47. The summed E-state index contributed by atoms with van der Waals surface area (Å²) >= 11 is 0. The van der Waals surface area contributed by atoms with Crippen molar-refractivity contribution in [3.63, 3.8) is 0 Å². The Labute approximate surface area is 195 Å². The molecule has 9 heteroatoms. The summed E-state index contributed by atoms with van der Waals surface area (Å²) in [7, 11) is -3.81. The highest BCUT2D eigenvalue weighted by Gasteiger charge is 2.30. The van der Waals surface area contributed by atoms with Crippen molar-refractivity contribution >= 4 is 27.5 Å². The summed E-state index contributed by atoms with van der Waals surface area (Å²) in [5.41, 5.74) is 2.27. The van der Waals surface area contributed by atoms with Gasteiger partial charge in [-0.2, -0.15) is 0 Å². The normalized spacial score (nSPS) is 12.2. The van der Waals surface area contributed by atoms with Crippen molar-refractivity contribution in [1.82, 2.24) is 10.2 Å². The van der Waals surface area contributed by atoms with Crippen LogP contribution in [0.2, 0.25) is 0 Å². The van der Waals surface area contributed by atoms with E-state index in [1.165, 1.54) is 23.1 Å². The summed E-state index contributed by atoms with van der Waals surface area (Å²) in [6, 6.07) is 10.3. The maximum Gasteiger partial charge on any atom is 0.244 e. The molecule has 0 heterocycles. The van der Waals surface area contributed by atoms with E-state index in [-0.39, 0.29) is 18.0 Å². The van der Waals surface area contributed by atoms with Gasteiger partial charge in [-0.05, 0) is 44.9 Å². The molecule has 2 rings (SSSR count). The molecule has 0 aliphatic heterocycles. The highest BCUT2D eigenvalue weighted by molar-refractivity contribution is 7.92. The molecule has 33 heavy (non-hydrogen) atoms. The molecule has 0 aliphatic carbocycles. The van der Waals surface area contributed by atoms with Crippen LogP contribution in [-0.4, -0.2) is 50.5 Å². The van der Waals surface area contributed by atoms with E-state index >= 15 is 0 Å². The van der Waals surface area contributed by atoms with Gasteiger partial charge in [0.15, 0.2) is 0 Å². The van der Waals surface area contributed by atoms with Gasteiger partial charge in [-0.1, -0.05) is 42.8 Å². The van der Waals surface area contributed by atoms with E-state index in [4.69, 9.17) is 0 Å². The first-order valence-electron chi connectivity index (χ1n) is 10.8. The van der Waals surface area contributed by atoms with Crippen molar-refractivity contribution in [2.75, 3.05) is 23.7 Å². The average molecular weight is 478 g/mol. The van der Waals surface area contributed by atoms with Crippen LogP contribution in [0.1, 0.15) is 37.0 Å². The highest BCUT2D eigenvalue weighted by Crippen LogP contribution is 2.24. The molecule has 1 N–H and O–H groups in total. The van der Waals surface area contributed by atoms with Crippen LogP contribution in [0, 0.1) is 19.7 Å². The third kappa shape index (κ3) is 7.02. The number of halogens is 1. The number of benzene rings is 2. The first-order chi connectivity index (χ1) is 15.5. The number of carbonyl (C=O) groups is 2. The van der Waals surface area contributed by atoms with Crippen molar-refractivity contribution < 1.29 is 22.4 Å². The Kier molecular flexibility index (Phi) is 8.99. The smallest absolute Gasteiger partial charge is 0.244 e. The van der Waals surface area contributed by atoms with Crippen LogP contribution in [0.4, 0.5) is 10.1 Å². The van der Waals surface area contributed by atoms with E-state index < -0.39 is 34.3 Å². The molecule has 0 bridgehead atoms. The van der Waals surface area contributed by atoms with Gasteiger partial charge in [0.25, 0.3) is 0 Å². The van der Waals surface area contributed by atoms with Crippen molar-refractivity contribution in [3.8, 4) is 0 Å².